The van der Waals surface area contributed by atoms with Gasteiger partial charge in [-0.15, -0.1) is 0 Å². The van der Waals surface area contributed by atoms with Crippen LogP contribution in [0, 0.1) is 3.57 Å². The molecule has 3 N–H and O–H groups in total. The highest BCUT2D eigenvalue weighted by Crippen LogP contribution is 2.28. The van der Waals surface area contributed by atoms with Gasteiger partial charge in [0.15, 0.2) is 0 Å². The summed E-state index contributed by atoms with van der Waals surface area (Å²) < 4.78 is 0.979. The number of imide groups is 1. The number of nitrogens with one attached hydrogen (secondary N) is 1. The molecule has 2 aromatic rings. The van der Waals surface area contributed by atoms with E-state index in [1.165, 1.54) is 7.05 Å². The quantitative estimate of drug-likeness (QED) is 0.468. The first-order chi connectivity index (χ1) is 9.97. The molecule has 6 heteroatoms. The molecule has 0 spiro atoms. The van der Waals surface area contributed by atoms with Crippen LogP contribution in [-0.4, -0.2) is 23.8 Å². The van der Waals surface area contributed by atoms with Crippen molar-refractivity contribution in [2.45, 2.75) is 0 Å². The number of nitrogens with two attached hydrogens (primary N) is 1. The molecule has 5 nitrogen and oxygen atoms in total. The first-order valence-corrected chi connectivity index (χ1v) is 7.34. The van der Waals surface area contributed by atoms with E-state index in [9.17, 15) is 9.59 Å². The van der Waals surface area contributed by atoms with Crippen molar-refractivity contribution in [2.75, 3.05) is 18.1 Å². The number of fused-ring (bicyclic) bond motifs is 1. The third-order valence-electron chi connectivity index (χ3n) is 3.36. The van der Waals surface area contributed by atoms with E-state index in [4.69, 9.17) is 5.73 Å². The fraction of sp³-hybridized carbons (Fsp3) is 0.0667. The molecule has 0 saturated carbocycles. The molecule has 0 aliphatic carbocycles. The zero-order valence-electron chi connectivity index (χ0n) is 11.2. The van der Waals surface area contributed by atoms with Gasteiger partial charge in [0, 0.05) is 22.0 Å². The van der Waals surface area contributed by atoms with E-state index >= 15 is 0 Å². The van der Waals surface area contributed by atoms with Crippen LogP contribution < -0.4 is 11.1 Å². The normalized spacial score (nSPS) is 13.5. The molecule has 21 heavy (non-hydrogen) atoms. The second kappa shape index (κ2) is 5.03. The second-order valence-corrected chi connectivity index (χ2v) is 5.96. The van der Waals surface area contributed by atoms with Crippen LogP contribution in [0.15, 0.2) is 36.4 Å². The lowest BCUT2D eigenvalue weighted by Gasteiger charge is -2.10. The Hall–Kier alpha value is -2.09. The minimum absolute atomic E-state index is 0.261. The van der Waals surface area contributed by atoms with Crippen molar-refractivity contribution in [1.29, 1.82) is 0 Å². The largest absolute Gasteiger partial charge is 0.399 e. The summed E-state index contributed by atoms with van der Waals surface area (Å²) in [5.74, 6) is -0.533. The third-order valence-corrected chi connectivity index (χ3v) is 4.25. The minimum atomic E-state index is -0.273. The third kappa shape index (κ3) is 2.35. The summed E-state index contributed by atoms with van der Waals surface area (Å²) >= 11 is 2.19. The summed E-state index contributed by atoms with van der Waals surface area (Å²) in [7, 11) is 1.49. The van der Waals surface area contributed by atoms with E-state index in [-0.39, 0.29) is 11.8 Å². The lowest BCUT2D eigenvalue weighted by Crippen LogP contribution is -2.24. The summed E-state index contributed by atoms with van der Waals surface area (Å²) in [4.78, 5) is 24.9. The molecule has 0 atom stereocenters. The zero-order valence-corrected chi connectivity index (χ0v) is 13.3. The van der Waals surface area contributed by atoms with Crippen LogP contribution in [0.4, 0.5) is 17.1 Å². The van der Waals surface area contributed by atoms with Crippen LogP contribution in [0.25, 0.3) is 0 Å². The Bertz CT molecular complexity index is 774. The van der Waals surface area contributed by atoms with Crippen molar-refractivity contribution in [1.82, 2.24) is 4.90 Å². The number of carbonyl (C=O) groups is 2. The molecule has 0 aromatic heterocycles. The number of carbonyl (C=O) groups excluding carboxylic acids is 2. The topological polar surface area (TPSA) is 75.4 Å². The van der Waals surface area contributed by atoms with Crippen LogP contribution in [0.3, 0.4) is 0 Å². The van der Waals surface area contributed by atoms with Gasteiger partial charge in [0.1, 0.15) is 0 Å². The monoisotopic (exact) mass is 393 g/mol. The number of benzene rings is 2. The smallest absolute Gasteiger partial charge is 0.261 e. The van der Waals surface area contributed by atoms with E-state index in [1.54, 1.807) is 24.3 Å². The fourth-order valence-electron chi connectivity index (χ4n) is 2.23. The Kier molecular flexibility index (Phi) is 3.32. The van der Waals surface area contributed by atoms with Crippen molar-refractivity contribution in [3.05, 3.63) is 51.1 Å². The zero-order chi connectivity index (χ0) is 15.1. The van der Waals surface area contributed by atoms with Crippen LogP contribution in [-0.2, 0) is 0 Å². The number of anilines is 3. The highest BCUT2D eigenvalue weighted by atomic mass is 127. The Morgan fingerprint density at radius 1 is 1.05 bits per heavy atom. The predicted octanol–water partition coefficient (Wildman–Crippen LogP) is 2.84. The number of amides is 2. The second-order valence-electron chi connectivity index (χ2n) is 4.79. The van der Waals surface area contributed by atoms with Gasteiger partial charge in [-0.05, 0) is 59.0 Å². The Morgan fingerprint density at radius 3 is 2.48 bits per heavy atom. The molecule has 0 radical (unpaired) electrons. The molecule has 0 saturated heterocycles. The van der Waals surface area contributed by atoms with Crippen LogP contribution in [0.2, 0.25) is 0 Å². The molecular weight excluding hydrogens is 381 g/mol. The van der Waals surface area contributed by atoms with Gasteiger partial charge in [0.05, 0.1) is 16.8 Å². The predicted molar refractivity (Wildman–Crippen MR) is 89.7 cm³/mol. The number of nitrogens with zero attached hydrogens (tertiary/aromatic N) is 1. The Morgan fingerprint density at radius 2 is 1.76 bits per heavy atom. The standard InChI is InChI=1S/C15H12IN3O2/c1-19-14(20)10-4-3-9(7-11(10)15(19)21)18-13-5-2-8(17)6-12(13)16/h2-7,18H,17H2,1H3. The molecule has 3 rings (SSSR count). The first-order valence-electron chi connectivity index (χ1n) is 6.26. The van der Waals surface area contributed by atoms with Gasteiger partial charge in [-0.1, -0.05) is 0 Å². The summed E-state index contributed by atoms with van der Waals surface area (Å²) in [6.45, 7) is 0. The lowest BCUT2D eigenvalue weighted by atomic mass is 10.1. The molecule has 0 bridgehead atoms. The molecule has 106 valence electrons. The summed E-state index contributed by atoms with van der Waals surface area (Å²) in [5.41, 5.74) is 8.95. The molecule has 0 fully saturated rings. The molecule has 2 amide bonds. The molecule has 2 aromatic carbocycles. The first kappa shape index (κ1) is 13.9. The lowest BCUT2D eigenvalue weighted by molar-refractivity contribution is 0.0693. The average molecular weight is 393 g/mol. The van der Waals surface area contributed by atoms with E-state index < -0.39 is 0 Å². The van der Waals surface area contributed by atoms with Crippen LogP contribution in [0.1, 0.15) is 20.7 Å². The number of halogens is 1. The van der Waals surface area contributed by atoms with Gasteiger partial charge in [-0.3, -0.25) is 14.5 Å². The maximum absolute atomic E-state index is 12.0. The maximum Gasteiger partial charge on any atom is 0.261 e. The molecular formula is C15H12IN3O2. The minimum Gasteiger partial charge on any atom is -0.399 e. The van der Waals surface area contributed by atoms with Crippen molar-refractivity contribution in [2.24, 2.45) is 0 Å². The number of rotatable bonds is 2. The highest BCUT2D eigenvalue weighted by Gasteiger charge is 2.32. The van der Waals surface area contributed by atoms with E-state index in [0.29, 0.717) is 16.8 Å². The van der Waals surface area contributed by atoms with Crippen LogP contribution >= 0.6 is 22.6 Å². The van der Waals surface area contributed by atoms with Crippen molar-refractivity contribution in [3.63, 3.8) is 0 Å². The van der Waals surface area contributed by atoms with Gasteiger partial charge in [-0.25, -0.2) is 0 Å². The average Bonchev–Trinajstić information content (AvgIpc) is 2.67. The summed E-state index contributed by atoms with van der Waals surface area (Å²) in [5, 5.41) is 3.23. The van der Waals surface area contributed by atoms with E-state index in [1.807, 2.05) is 12.1 Å². The maximum atomic E-state index is 12.0. The van der Waals surface area contributed by atoms with Gasteiger partial charge >= 0.3 is 0 Å². The Labute approximate surface area is 135 Å². The van der Waals surface area contributed by atoms with E-state index in [0.717, 1.165) is 19.8 Å². The molecule has 1 heterocycles. The summed E-state index contributed by atoms with van der Waals surface area (Å²) in [6, 6.07) is 10.7. The molecule has 1 aliphatic rings. The molecule has 1 aliphatic heterocycles. The van der Waals surface area contributed by atoms with Gasteiger partial charge < -0.3 is 11.1 Å². The number of hydrogen-bond acceptors (Lipinski definition) is 4. The SMILES string of the molecule is CN1C(=O)c2ccc(Nc3ccc(N)cc3I)cc2C1=O. The highest BCUT2D eigenvalue weighted by molar-refractivity contribution is 14.1. The molecule has 0 unspecified atom stereocenters. The van der Waals surface area contributed by atoms with E-state index in [2.05, 4.69) is 27.9 Å². The van der Waals surface area contributed by atoms with Crippen molar-refractivity contribution in [3.8, 4) is 0 Å². The van der Waals surface area contributed by atoms with Crippen LogP contribution in [0.5, 0.6) is 0 Å². The summed E-state index contributed by atoms with van der Waals surface area (Å²) in [6.07, 6.45) is 0. The number of hydrogen-bond donors (Lipinski definition) is 2. The van der Waals surface area contributed by atoms with Crippen molar-refractivity contribution < 1.29 is 9.59 Å². The van der Waals surface area contributed by atoms with Crippen molar-refractivity contribution >= 4 is 51.5 Å². The van der Waals surface area contributed by atoms with Gasteiger partial charge in [0.25, 0.3) is 11.8 Å². The Balaban J connectivity index is 1.95. The van der Waals surface area contributed by atoms with Gasteiger partial charge in [0.2, 0.25) is 0 Å². The van der Waals surface area contributed by atoms with Gasteiger partial charge in [-0.2, -0.15) is 0 Å². The fourth-order valence-corrected chi connectivity index (χ4v) is 2.90. The number of nitrogen functional groups attached to an aromatic ring is 1.